The molecule has 0 fully saturated rings. The van der Waals surface area contributed by atoms with Gasteiger partial charge in [-0.2, -0.15) is 0 Å². The summed E-state index contributed by atoms with van der Waals surface area (Å²) >= 11 is 0. The Morgan fingerprint density at radius 1 is 1.17 bits per heavy atom. The molecule has 5 nitrogen and oxygen atoms in total. The van der Waals surface area contributed by atoms with E-state index in [1.54, 1.807) is 20.8 Å². The molecule has 1 unspecified atom stereocenters. The fraction of sp³-hybridized carbons (Fsp3) is 0.333. The van der Waals surface area contributed by atoms with Crippen LogP contribution in [-0.4, -0.2) is 29.6 Å². The van der Waals surface area contributed by atoms with Crippen molar-refractivity contribution in [3.05, 3.63) is 42.5 Å². The van der Waals surface area contributed by atoms with Gasteiger partial charge in [-0.1, -0.05) is 36.4 Å². The Morgan fingerprint density at radius 3 is 2.52 bits per heavy atom. The molecule has 0 saturated carbocycles. The molecule has 1 atom stereocenters. The van der Waals surface area contributed by atoms with E-state index in [-0.39, 0.29) is 12.5 Å². The van der Waals surface area contributed by atoms with Crippen molar-refractivity contribution in [2.45, 2.75) is 26.9 Å². The molecule has 0 radical (unpaired) electrons. The number of carboxylic acids is 1. The van der Waals surface area contributed by atoms with Crippen molar-refractivity contribution >= 4 is 22.6 Å². The second-order valence-corrected chi connectivity index (χ2v) is 6.14. The number of fused-ring (bicyclic) bond motifs is 1. The minimum Gasteiger partial charge on any atom is -0.481 e. The van der Waals surface area contributed by atoms with E-state index in [0.29, 0.717) is 5.75 Å². The molecule has 2 aromatic rings. The molecule has 0 aromatic heterocycles. The van der Waals surface area contributed by atoms with Crippen LogP contribution in [-0.2, 0) is 9.59 Å². The maximum absolute atomic E-state index is 12.1. The SMILES string of the molecule is CC(Oc1cccc2ccccc12)C(=O)NCC(C)(C)C(=O)O. The highest BCUT2D eigenvalue weighted by atomic mass is 16.5. The first-order valence-corrected chi connectivity index (χ1v) is 7.47. The molecule has 0 aliphatic heterocycles. The van der Waals surface area contributed by atoms with E-state index >= 15 is 0 Å². The quantitative estimate of drug-likeness (QED) is 0.859. The Kier molecular flexibility index (Phi) is 4.89. The van der Waals surface area contributed by atoms with Crippen LogP contribution in [0.15, 0.2) is 42.5 Å². The number of benzene rings is 2. The zero-order valence-corrected chi connectivity index (χ0v) is 13.5. The molecule has 0 aliphatic carbocycles. The molecule has 0 heterocycles. The smallest absolute Gasteiger partial charge is 0.310 e. The van der Waals surface area contributed by atoms with Gasteiger partial charge < -0.3 is 15.2 Å². The third-order valence-electron chi connectivity index (χ3n) is 3.71. The van der Waals surface area contributed by atoms with Crippen molar-refractivity contribution in [2.75, 3.05) is 6.54 Å². The lowest BCUT2D eigenvalue weighted by molar-refractivity contribution is -0.147. The van der Waals surface area contributed by atoms with Crippen molar-refractivity contribution in [2.24, 2.45) is 5.41 Å². The zero-order valence-electron chi connectivity index (χ0n) is 13.5. The normalized spacial score (nSPS) is 12.7. The standard InChI is InChI=1S/C18H21NO4/c1-12(16(20)19-11-18(2,3)17(21)22)23-15-10-6-8-13-7-4-5-9-14(13)15/h4-10,12H,11H2,1-3H3,(H,19,20)(H,21,22). The topological polar surface area (TPSA) is 75.6 Å². The lowest BCUT2D eigenvalue weighted by Gasteiger charge is -2.21. The fourth-order valence-corrected chi connectivity index (χ4v) is 2.07. The lowest BCUT2D eigenvalue weighted by Crippen LogP contribution is -2.43. The van der Waals surface area contributed by atoms with Gasteiger partial charge in [0.15, 0.2) is 6.10 Å². The molecule has 0 spiro atoms. The van der Waals surface area contributed by atoms with E-state index in [1.807, 2.05) is 42.5 Å². The first-order chi connectivity index (χ1) is 10.8. The van der Waals surface area contributed by atoms with E-state index in [0.717, 1.165) is 10.8 Å². The Bertz CT molecular complexity index is 719. The van der Waals surface area contributed by atoms with Crippen LogP contribution >= 0.6 is 0 Å². The molecule has 23 heavy (non-hydrogen) atoms. The predicted molar refractivity (Wildman–Crippen MR) is 88.5 cm³/mol. The average molecular weight is 315 g/mol. The summed E-state index contributed by atoms with van der Waals surface area (Å²) in [6.07, 6.45) is -0.717. The summed E-state index contributed by atoms with van der Waals surface area (Å²) in [5.41, 5.74) is -1.02. The molecule has 2 aromatic carbocycles. The van der Waals surface area contributed by atoms with Crippen LogP contribution in [0.3, 0.4) is 0 Å². The largest absolute Gasteiger partial charge is 0.481 e. The summed E-state index contributed by atoms with van der Waals surface area (Å²) in [6, 6.07) is 13.4. The monoisotopic (exact) mass is 315 g/mol. The van der Waals surface area contributed by atoms with Gasteiger partial charge in [-0.25, -0.2) is 0 Å². The van der Waals surface area contributed by atoms with Crippen molar-refractivity contribution in [1.82, 2.24) is 5.32 Å². The number of rotatable bonds is 6. The van der Waals surface area contributed by atoms with Crippen molar-refractivity contribution in [3.8, 4) is 5.75 Å². The molecule has 5 heteroatoms. The van der Waals surface area contributed by atoms with Gasteiger partial charge in [0.05, 0.1) is 5.41 Å². The zero-order chi connectivity index (χ0) is 17.0. The summed E-state index contributed by atoms with van der Waals surface area (Å²) in [6.45, 7) is 4.81. The molecule has 2 N–H and O–H groups in total. The first-order valence-electron chi connectivity index (χ1n) is 7.47. The third-order valence-corrected chi connectivity index (χ3v) is 3.71. The summed E-state index contributed by atoms with van der Waals surface area (Å²) < 4.78 is 5.76. The number of hydrogen-bond donors (Lipinski definition) is 2. The minimum absolute atomic E-state index is 0.0460. The summed E-state index contributed by atoms with van der Waals surface area (Å²) in [5.74, 6) is -0.670. The number of ether oxygens (including phenoxy) is 1. The van der Waals surface area contributed by atoms with Gasteiger partial charge in [-0.05, 0) is 32.2 Å². The minimum atomic E-state index is -1.02. The number of carbonyl (C=O) groups is 2. The fourth-order valence-electron chi connectivity index (χ4n) is 2.07. The number of carbonyl (C=O) groups excluding carboxylic acids is 1. The van der Waals surface area contributed by atoms with E-state index < -0.39 is 17.5 Å². The van der Waals surface area contributed by atoms with E-state index in [4.69, 9.17) is 9.84 Å². The second kappa shape index (κ2) is 6.69. The molecular formula is C18H21NO4. The Hall–Kier alpha value is -2.56. The van der Waals surface area contributed by atoms with Crippen molar-refractivity contribution in [3.63, 3.8) is 0 Å². The highest BCUT2D eigenvalue weighted by Gasteiger charge is 2.28. The van der Waals surface area contributed by atoms with Crippen LogP contribution in [0.5, 0.6) is 5.75 Å². The Labute approximate surface area is 135 Å². The summed E-state index contributed by atoms with van der Waals surface area (Å²) in [5, 5.41) is 13.7. The van der Waals surface area contributed by atoms with E-state index in [1.165, 1.54) is 0 Å². The van der Waals surface area contributed by atoms with Gasteiger partial charge in [-0.3, -0.25) is 9.59 Å². The number of aliphatic carboxylic acids is 1. The lowest BCUT2D eigenvalue weighted by atomic mass is 9.94. The number of hydrogen-bond acceptors (Lipinski definition) is 3. The van der Waals surface area contributed by atoms with Gasteiger partial charge >= 0.3 is 5.97 Å². The average Bonchev–Trinajstić information content (AvgIpc) is 2.52. The Morgan fingerprint density at radius 2 is 1.83 bits per heavy atom. The highest BCUT2D eigenvalue weighted by Crippen LogP contribution is 2.26. The second-order valence-electron chi connectivity index (χ2n) is 6.14. The molecule has 1 amide bonds. The van der Waals surface area contributed by atoms with Gasteiger partial charge in [0.1, 0.15) is 5.75 Å². The van der Waals surface area contributed by atoms with Gasteiger partial charge in [0.2, 0.25) is 0 Å². The molecule has 0 aliphatic rings. The summed E-state index contributed by atoms with van der Waals surface area (Å²) in [4.78, 5) is 23.2. The van der Waals surface area contributed by atoms with Gasteiger partial charge in [0.25, 0.3) is 5.91 Å². The Balaban J connectivity index is 2.05. The maximum atomic E-state index is 12.1. The third kappa shape index (κ3) is 4.00. The van der Waals surface area contributed by atoms with Gasteiger partial charge in [0, 0.05) is 11.9 Å². The highest BCUT2D eigenvalue weighted by molar-refractivity contribution is 5.89. The van der Waals surface area contributed by atoms with Crippen LogP contribution in [0.2, 0.25) is 0 Å². The van der Waals surface area contributed by atoms with Crippen LogP contribution in [0.4, 0.5) is 0 Å². The first kappa shape index (κ1) is 16.8. The van der Waals surface area contributed by atoms with Gasteiger partial charge in [-0.15, -0.1) is 0 Å². The molecule has 0 saturated heterocycles. The van der Waals surface area contributed by atoms with Crippen molar-refractivity contribution < 1.29 is 19.4 Å². The number of amides is 1. The maximum Gasteiger partial charge on any atom is 0.310 e. The predicted octanol–water partition coefficient (Wildman–Crippen LogP) is 2.83. The van der Waals surface area contributed by atoms with Crippen molar-refractivity contribution in [1.29, 1.82) is 0 Å². The molecule has 122 valence electrons. The van der Waals surface area contributed by atoms with Crippen LogP contribution in [0, 0.1) is 5.41 Å². The summed E-state index contributed by atoms with van der Waals surface area (Å²) in [7, 11) is 0. The number of carboxylic acid groups (broad SMARTS) is 1. The van der Waals surface area contributed by atoms with E-state index in [2.05, 4.69) is 5.32 Å². The van der Waals surface area contributed by atoms with Crippen LogP contribution in [0.25, 0.3) is 10.8 Å². The molecule has 2 rings (SSSR count). The number of nitrogens with one attached hydrogen (secondary N) is 1. The molecular weight excluding hydrogens is 294 g/mol. The van der Waals surface area contributed by atoms with Crippen LogP contribution < -0.4 is 10.1 Å². The molecule has 0 bridgehead atoms. The van der Waals surface area contributed by atoms with E-state index in [9.17, 15) is 9.59 Å². The van der Waals surface area contributed by atoms with Crippen LogP contribution in [0.1, 0.15) is 20.8 Å².